The molecule has 0 fully saturated rings. The van der Waals surface area contributed by atoms with Crippen molar-refractivity contribution in [1.82, 2.24) is 5.32 Å². The first-order valence-electron chi connectivity index (χ1n) is 6.01. The number of rotatable bonds is 6. The van der Waals surface area contributed by atoms with E-state index in [1.54, 1.807) is 0 Å². The van der Waals surface area contributed by atoms with E-state index in [1.165, 1.54) is 7.11 Å². The van der Waals surface area contributed by atoms with Crippen molar-refractivity contribution < 1.29 is 14.6 Å². The van der Waals surface area contributed by atoms with Gasteiger partial charge in [0.1, 0.15) is 0 Å². The van der Waals surface area contributed by atoms with E-state index in [0.29, 0.717) is 18.7 Å². The predicted octanol–water partition coefficient (Wildman–Crippen LogP) is 2.28. The molecule has 6 heteroatoms. The first-order chi connectivity index (χ1) is 9.02. The van der Waals surface area contributed by atoms with Gasteiger partial charge < -0.3 is 20.5 Å². The zero-order valence-corrected chi connectivity index (χ0v) is 12.7. The Morgan fingerprint density at radius 3 is 2.89 bits per heavy atom. The fourth-order valence-electron chi connectivity index (χ4n) is 1.47. The molecular formula is C13H19BrN2O3. The summed E-state index contributed by atoms with van der Waals surface area (Å²) in [7, 11) is 1.53. The molecule has 0 saturated carbocycles. The molecule has 19 heavy (non-hydrogen) atoms. The molecule has 0 aromatic heterocycles. The van der Waals surface area contributed by atoms with Gasteiger partial charge in [-0.25, -0.2) is 4.79 Å². The molecule has 0 spiro atoms. The maximum absolute atomic E-state index is 11.6. The number of amides is 2. The van der Waals surface area contributed by atoms with Crippen LogP contribution in [0, 0.1) is 6.92 Å². The number of benzene rings is 1. The molecule has 1 rings (SSSR count). The largest absolute Gasteiger partial charge is 0.391 e. The number of anilines is 1. The molecule has 1 aromatic carbocycles. The molecule has 106 valence electrons. The molecule has 0 aliphatic rings. The van der Waals surface area contributed by atoms with Crippen LogP contribution >= 0.6 is 15.9 Å². The standard InChI is InChI=1S/C13H19BrN2O3/c1-9-3-4-10(7-12(9)14)16-13(18)15-6-5-11(17)8-19-2/h3-4,7,11,17H,5-6,8H2,1-2H3,(H2,15,16,18). The van der Waals surface area contributed by atoms with Gasteiger partial charge in [0.25, 0.3) is 0 Å². The number of aliphatic hydroxyl groups is 1. The number of aryl methyl sites for hydroxylation is 1. The number of ether oxygens (including phenoxy) is 1. The minimum absolute atomic E-state index is 0.272. The monoisotopic (exact) mass is 330 g/mol. The predicted molar refractivity (Wildman–Crippen MR) is 78.4 cm³/mol. The van der Waals surface area contributed by atoms with Crippen molar-refractivity contribution in [3.63, 3.8) is 0 Å². The number of hydrogen-bond donors (Lipinski definition) is 3. The lowest BCUT2D eigenvalue weighted by atomic mass is 10.2. The normalized spacial score (nSPS) is 12.0. The molecule has 0 saturated heterocycles. The molecule has 2 amide bonds. The van der Waals surface area contributed by atoms with Gasteiger partial charge in [0.05, 0.1) is 12.7 Å². The summed E-state index contributed by atoms with van der Waals surface area (Å²) in [4.78, 5) is 11.6. The average Bonchev–Trinajstić information content (AvgIpc) is 2.34. The second-order valence-corrected chi connectivity index (χ2v) is 5.10. The van der Waals surface area contributed by atoms with Crippen LogP contribution in [-0.4, -0.2) is 37.5 Å². The highest BCUT2D eigenvalue weighted by molar-refractivity contribution is 9.10. The summed E-state index contributed by atoms with van der Waals surface area (Å²) in [5.74, 6) is 0. The van der Waals surface area contributed by atoms with Gasteiger partial charge in [-0.15, -0.1) is 0 Å². The van der Waals surface area contributed by atoms with E-state index in [4.69, 9.17) is 4.74 Å². The molecule has 0 heterocycles. The Balaban J connectivity index is 2.33. The summed E-state index contributed by atoms with van der Waals surface area (Å²) in [6.45, 7) is 2.64. The van der Waals surface area contributed by atoms with Gasteiger partial charge in [-0.3, -0.25) is 0 Å². The SMILES string of the molecule is COCC(O)CCNC(=O)Nc1ccc(C)c(Br)c1. The lowest BCUT2D eigenvalue weighted by Gasteiger charge is -2.11. The van der Waals surface area contributed by atoms with Gasteiger partial charge >= 0.3 is 6.03 Å². The molecular weight excluding hydrogens is 312 g/mol. The number of carbonyl (C=O) groups excluding carboxylic acids is 1. The second kappa shape index (κ2) is 8.14. The summed E-state index contributed by atoms with van der Waals surface area (Å²) < 4.78 is 5.74. The van der Waals surface area contributed by atoms with Crippen LogP contribution < -0.4 is 10.6 Å². The minimum Gasteiger partial charge on any atom is -0.391 e. The van der Waals surface area contributed by atoms with Crippen LogP contribution in [0.15, 0.2) is 22.7 Å². The van der Waals surface area contributed by atoms with Crippen molar-refractivity contribution in [1.29, 1.82) is 0 Å². The average molecular weight is 331 g/mol. The van der Waals surface area contributed by atoms with E-state index in [0.717, 1.165) is 10.0 Å². The van der Waals surface area contributed by atoms with Gasteiger partial charge in [0.15, 0.2) is 0 Å². The van der Waals surface area contributed by atoms with Gasteiger partial charge in [-0.2, -0.15) is 0 Å². The van der Waals surface area contributed by atoms with E-state index < -0.39 is 6.10 Å². The smallest absolute Gasteiger partial charge is 0.319 e. The van der Waals surface area contributed by atoms with Crippen LogP contribution in [0.25, 0.3) is 0 Å². The van der Waals surface area contributed by atoms with E-state index in [9.17, 15) is 9.90 Å². The van der Waals surface area contributed by atoms with Crippen molar-refractivity contribution in [3.05, 3.63) is 28.2 Å². The van der Waals surface area contributed by atoms with Crippen LogP contribution in [0.4, 0.5) is 10.5 Å². The van der Waals surface area contributed by atoms with Crippen LogP contribution in [0.2, 0.25) is 0 Å². The van der Waals surface area contributed by atoms with E-state index in [2.05, 4.69) is 26.6 Å². The topological polar surface area (TPSA) is 70.6 Å². The lowest BCUT2D eigenvalue weighted by molar-refractivity contribution is 0.0599. The molecule has 1 aromatic rings. The molecule has 3 N–H and O–H groups in total. The third-order valence-electron chi connectivity index (χ3n) is 2.55. The fourth-order valence-corrected chi connectivity index (χ4v) is 1.85. The zero-order valence-electron chi connectivity index (χ0n) is 11.1. The number of urea groups is 1. The number of carbonyl (C=O) groups is 1. The van der Waals surface area contributed by atoms with E-state index in [1.807, 2.05) is 25.1 Å². The summed E-state index contributed by atoms with van der Waals surface area (Å²) in [5, 5.41) is 14.8. The van der Waals surface area contributed by atoms with Gasteiger partial charge in [-0.1, -0.05) is 22.0 Å². The van der Waals surface area contributed by atoms with Crippen molar-refractivity contribution in [3.8, 4) is 0 Å². The van der Waals surface area contributed by atoms with Crippen LogP contribution in [-0.2, 0) is 4.74 Å². The zero-order chi connectivity index (χ0) is 14.3. The Morgan fingerprint density at radius 1 is 1.53 bits per heavy atom. The lowest BCUT2D eigenvalue weighted by Crippen LogP contribution is -2.32. The third-order valence-corrected chi connectivity index (χ3v) is 3.41. The van der Waals surface area contributed by atoms with Crippen LogP contribution in [0.1, 0.15) is 12.0 Å². The Hall–Kier alpha value is -1.11. The van der Waals surface area contributed by atoms with Crippen molar-refractivity contribution in [2.45, 2.75) is 19.4 Å². The number of methoxy groups -OCH3 is 1. The van der Waals surface area contributed by atoms with Crippen LogP contribution in [0.5, 0.6) is 0 Å². The summed E-state index contributed by atoms with van der Waals surface area (Å²) >= 11 is 3.41. The molecule has 5 nitrogen and oxygen atoms in total. The molecule has 0 aliphatic heterocycles. The van der Waals surface area contributed by atoms with E-state index >= 15 is 0 Å². The first-order valence-corrected chi connectivity index (χ1v) is 6.80. The van der Waals surface area contributed by atoms with Crippen LogP contribution in [0.3, 0.4) is 0 Å². The highest BCUT2D eigenvalue weighted by atomic mass is 79.9. The van der Waals surface area contributed by atoms with Crippen molar-refractivity contribution in [2.24, 2.45) is 0 Å². The van der Waals surface area contributed by atoms with Gasteiger partial charge in [0.2, 0.25) is 0 Å². The molecule has 0 aliphatic carbocycles. The maximum atomic E-state index is 11.6. The third kappa shape index (κ3) is 6.04. The van der Waals surface area contributed by atoms with Crippen molar-refractivity contribution >= 4 is 27.6 Å². The van der Waals surface area contributed by atoms with Crippen molar-refractivity contribution in [2.75, 3.05) is 25.6 Å². The highest BCUT2D eigenvalue weighted by Gasteiger charge is 2.06. The summed E-state index contributed by atoms with van der Waals surface area (Å²) in [5.41, 5.74) is 1.82. The number of aliphatic hydroxyl groups excluding tert-OH is 1. The summed E-state index contributed by atoms with van der Waals surface area (Å²) in [6.07, 6.45) is -0.0995. The molecule has 1 atom stereocenters. The number of halogens is 1. The maximum Gasteiger partial charge on any atom is 0.319 e. The minimum atomic E-state index is -0.557. The summed E-state index contributed by atoms with van der Waals surface area (Å²) in [6, 6.07) is 5.30. The molecule has 0 radical (unpaired) electrons. The molecule has 1 unspecified atom stereocenters. The van der Waals surface area contributed by atoms with Gasteiger partial charge in [-0.05, 0) is 31.0 Å². The highest BCUT2D eigenvalue weighted by Crippen LogP contribution is 2.20. The quantitative estimate of drug-likeness (QED) is 0.749. The Labute approximate surface area is 121 Å². The Kier molecular flexibility index (Phi) is 6.83. The van der Waals surface area contributed by atoms with E-state index in [-0.39, 0.29) is 12.6 Å². The second-order valence-electron chi connectivity index (χ2n) is 4.24. The Bertz CT molecular complexity index is 426. The first kappa shape index (κ1) is 15.9. The number of hydrogen-bond acceptors (Lipinski definition) is 3. The fraction of sp³-hybridized carbons (Fsp3) is 0.462. The molecule has 0 bridgehead atoms. The number of nitrogens with one attached hydrogen (secondary N) is 2. The Morgan fingerprint density at radius 2 is 2.26 bits per heavy atom. The van der Waals surface area contributed by atoms with Gasteiger partial charge in [0, 0.05) is 23.8 Å².